The summed E-state index contributed by atoms with van der Waals surface area (Å²) in [5, 5.41) is 18.1. The van der Waals surface area contributed by atoms with Crippen LogP contribution in [0.25, 0.3) is 5.69 Å². The molecule has 0 radical (unpaired) electrons. The van der Waals surface area contributed by atoms with Crippen molar-refractivity contribution in [3.05, 3.63) is 77.9 Å². The number of hydrogen-bond acceptors (Lipinski definition) is 5. The van der Waals surface area contributed by atoms with Gasteiger partial charge in [0.15, 0.2) is 5.78 Å². The predicted molar refractivity (Wildman–Crippen MR) is 108 cm³/mol. The number of carbonyl (C=O) groups is 1. The third-order valence-electron chi connectivity index (χ3n) is 5.06. The third kappa shape index (κ3) is 4.35. The highest BCUT2D eigenvalue weighted by atomic mass is 16.3. The van der Waals surface area contributed by atoms with E-state index >= 15 is 0 Å². The SMILES string of the molecule is C.O=C(CC[C@@H](O)[C@@H]1Cc2ccccc2CN1)c1cnn(-c2cccnc2)c1. The topological polar surface area (TPSA) is 80.0 Å². The number of Topliss-reactive ketones (excluding diaryl/α,β-unsaturated/α-hetero) is 1. The number of nitrogens with zero attached hydrogens (tertiary/aromatic N) is 3. The Hall–Kier alpha value is -2.83. The molecule has 1 aromatic carbocycles. The first kappa shape index (κ1) is 19.9. The summed E-state index contributed by atoms with van der Waals surface area (Å²) in [5.74, 6) is -0.0135. The molecular weight excluding hydrogens is 352 g/mol. The summed E-state index contributed by atoms with van der Waals surface area (Å²) in [6, 6.07) is 11.9. The zero-order valence-electron chi connectivity index (χ0n) is 15.0. The Morgan fingerprint density at radius 2 is 2.04 bits per heavy atom. The summed E-state index contributed by atoms with van der Waals surface area (Å²) >= 11 is 0. The lowest BCUT2D eigenvalue weighted by molar-refractivity contribution is 0.0877. The molecule has 6 heteroatoms. The molecule has 6 nitrogen and oxygen atoms in total. The van der Waals surface area contributed by atoms with Crippen LogP contribution in [0.1, 0.15) is 41.8 Å². The summed E-state index contributed by atoms with van der Waals surface area (Å²) in [6.07, 6.45) is 7.60. The molecule has 4 rings (SSSR count). The number of carbonyl (C=O) groups excluding carboxylic acids is 1. The molecule has 0 aliphatic carbocycles. The Labute approximate surface area is 165 Å². The fourth-order valence-electron chi connectivity index (χ4n) is 3.47. The molecule has 0 bridgehead atoms. The number of fused-ring (bicyclic) bond motifs is 1. The first-order valence-corrected chi connectivity index (χ1v) is 9.17. The molecule has 3 heterocycles. The van der Waals surface area contributed by atoms with Crippen molar-refractivity contribution in [1.82, 2.24) is 20.1 Å². The Morgan fingerprint density at radius 3 is 2.82 bits per heavy atom. The molecule has 1 aliphatic rings. The lowest BCUT2D eigenvalue weighted by atomic mass is 9.91. The van der Waals surface area contributed by atoms with E-state index in [1.54, 1.807) is 29.5 Å². The van der Waals surface area contributed by atoms with Gasteiger partial charge < -0.3 is 10.4 Å². The van der Waals surface area contributed by atoms with E-state index in [9.17, 15) is 9.90 Å². The summed E-state index contributed by atoms with van der Waals surface area (Å²) in [6.45, 7) is 0.754. The van der Waals surface area contributed by atoms with Crippen LogP contribution < -0.4 is 5.32 Å². The number of ketones is 1. The fraction of sp³-hybridized carbons (Fsp3) is 0.318. The van der Waals surface area contributed by atoms with Crippen LogP contribution in [0, 0.1) is 0 Å². The Bertz CT molecular complexity index is 923. The summed E-state index contributed by atoms with van der Waals surface area (Å²) in [4.78, 5) is 16.5. The number of aromatic nitrogens is 3. The molecule has 28 heavy (non-hydrogen) atoms. The van der Waals surface area contributed by atoms with Crippen molar-refractivity contribution in [2.45, 2.75) is 45.4 Å². The number of nitrogens with one attached hydrogen (secondary N) is 1. The van der Waals surface area contributed by atoms with Crippen molar-refractivity contribution in [2.75, 3.05) is 0 Å². The second-order valence-electron chi connectivity index (χ2n) is 6.87. The van der Waals surface area contributed by atoms with Gasteiger partial charge >= 0.3 is 0 Å². The van der Waals surface area contributed by atoms with Crippen LogP contribution in [-0.4, -0.2) is 37.8 Å². The van der Waals surface area contributed by atoms with Gasteiger partial charge in [-0.3, -0.25) is 9.78 Å². The molecule has 2 aromatic heterocycles. The molecule has 3 aromatic rings. The van der Waals surface area contributed by atoms with Gasteiger partial charge in [0.2, 0.25) is 0 Å². The Morgan fingerprint density at radius 1 is 1.21 bits per heavy atom. The number of rotatable bonds is 6. The van der Waals surface area contributed by atoms with Gasteiger partial charge in [0.25, 0.3) is 0 Å². The Balaban J connectivity index is 0.00000225. The van der Waals surface area contributed by atoms with E-state index < -0.39 is 6.10 Å². The minimum atomic E-state index is -0.560. The third-order valence-corrected chi connectivity index (χ3v) is 5.06. The van der Waals surface area contributed by atoms with Gasteiger partial charge in [-0.2, -0.15) is 5.10 Å². The highest BCUT2D eigenvalue weighted by Gasteiger charge is 2.25. The standard InChI is InChI=1S/C21H22N4O2.CH4/c26-20(17-12-24-25(14-17)18-6-3-9-22-13-18)7-8-21(27)19-10-15-4-1-2-5-16(15)11-23-19;/h1-6,9,12-14,19,21,23,27H,7-8,10-11H2;1H4/t19-,21+;/m0./s1. The van der Waals surface area contributed by atoms with Gasteiger partial charge in [-0.05, 0) is 36.1 Å². The summed E-state index contributed by atoms with van der Waals surface area (Å²) < 4.78 is 1.64. The molecule has 0 fully saturated rings. The van der Waals surface area contributed by atoms with E-state index in [4.69, 9.17) is 0 Å². The van der Waals surface area contributed by atoms with Crippen LogP contribution in [0.15, 0.2) is 61.2 Å². The smallest absolute Gasteiger partial charge is 0.166 e. The van der Waals surface area contributed by atoms with Gasteiger partial charge in [-0.25, -0.2) is 4.68 Å². The maximum absolute atomic E-state index is 12.5. The summed E-state index contributed by atoms with van der Waals surface area (Å²) in [5.41, 5.74) is 3.90. The second kappa shape index (κ2) is 8.91. The molecule has 2 N–H and O–H groups in total. The van der Waals surface area contributed by atoms with Gasteiger partial charge in [0.05, 0.1) is 29.7 Å². The van der Waals surface area contributed by atoms with Gasteiger partial charge in [0.1, 0.15) is 0 Å². The molecule has 1 aliphatic heterocycles. The van der Waals surface area contributed by atoms with E-state index in [-0.39, 0.29) is 19.3 Å². The minimum Gasteiger partial charge on any atom is -0.391 e. The van der Waals surface area contributed by atoms with Crippen LogP contribution in [0.5, 0.6) is 0 Å². The average Bonchev–Trinajstić information content (AvgIpc) is 3.22. The Kier molecular flexibility index (Phi) is 6.34. The van der Waals surface area contributed by atoms with Crippen LogP contribution >= 0.6 is 0 Å². The number of aliphatic hydroxyl groups is 1. The molecule has 0 spiro atoms. The van der Waals surface area contributed by atoms with Crippen molar-refractivity contribution >= 4 is 5.78 Å². The first-order chi connectivity index (χ1) is 13.2. The monoisotopic (exact) mass is 378 g/mol. The summed E-state index contributed by atoms with van der Waals surface area (Å²) in [7, 11) is 0. The maximum Gasteiger partial charge on any atom is 0.166 e. The highest BCUT2D eigenvalue weighted by molar-refractivity contribution is 5.95. The predicted octanol–water partition coefficient (Wildman–Crippen LogP) is 2.94. The minimum absolute atomic E-state index is 0. The first-order valence-electron chi connectivity index (χ1n) is 9.17. The fourth-order valence-corrected chi connectivity index (χ4v) is 3.47. The largest absolute Gasteiger partial charge is 0.391 e. The van der Waals surface area contributed by atoms with Crippen LogP contribution in [0.2, 0.25) is 0 Å². The van der Waals surface area contributed by atoms with Gasteiger partial charge in [-0.15, -0.1) is 0 Å². The van der Waals surface area contributed by atoms with Crippen molar-refractivity contribution in [2.24, 2.45) is 0 Å². The van der Waals surface area contributed by atoms with Crippen molar-refractivity contribution < 1.29 is 9.90 Å². The normalized spacial score (nSPS) is 16.7. The van der Waals surface area contributed by atoms with Crippen LogP contribution in [-0.2, 0) is 13.0 Å². The zero-order chi connectivity index (χ0) is 18.6. The van der Waals surface area contributed by atoms with Crippen LogP contribution in [0.4, 0.5) is 0 Å². The second-order valence-corrected chi connectivity index (χ2v) is 6.87. The molecule has 146 valence electrons. The lowest BCUT2D eigenvalue weighted by Crippen LogP contribution is -2.44. The van der Waals surface area contributed by atoms with E-state index in [1.807, 2.05) is 24.3 Å². The number of aliphatic hydroxyl groups excluding tert-OH is 1. The van der Waals surface area contributed by atoms with Crippen molar-refractivity contribution in [1.29, 1.82) is 0 Å². The zero-order valence-corrected chi connectivity index (χ0v) is 15.0. The number of hydrogen-bond donors (Lipinski definition) is 2. The van der Waals surface area contributed by atoms with E-state index in [0.29, 0.717) is 18.4 Å². The molecule has 0 unspecified atom stereocenters. The molecule has 0 saturated carbocycles. The quantitative estimate of drug-likeness (QED) is 0.645. The van der Waals surface area contributed by atoms with E-state index in [1.165, 1.54) is 11.1 Å². The molecular formula is C22H26N4O2. The van der Waals surface area contributed by atoms with Gasteiger partial charge in [-0.1, -0.05) is 31.7 Å². The number of benzene rings is 1. The van der Waals surface area contributed by atoms with Gasteiger partial charge in [0, 0.05) is 31.4 Å². The maximum atomic E-state index is 12.5. The van der Waals surface area contributed by atoms with Crippen molar-refractivity contribution in [3.8, 4) is 5.69 Å². The lowest BCUT2D eigenvalue weighted by Gasteiger charge is -2.29. The molecule has 0 saturated heterocycles. The van der Waals surface area contributed by atoms with E-state index in [2.05, 4.69) is 27.5 Å². The van der Waals surface area contributed by atoms with E-state index in [0.717, 1.165) is 18.7 Å². The van der Waals surface area contributed by atoms with Crippen LogP contribution in [0.3, 0.4) is 0 Å². The highest BCUT2D eigenvalue weighted by Crippen LogP contribution is 2.20. The molecule has 0 amide bonds. The molecule has 2 atom stereocenters. The number of pyridine rings is 1. The van der Waals surface area contributed by atoms with Crippen molar-refractivity contribution in [3.63, 3.8) is 0 Å². The average molecular weight is 378 g/mol.